The Labute approximate surface area is 100 Å². The molecule has 94 valence electrons. The van der Waals surface area contributed by atoms with Gasteiger partial charge in [-0.3, -0.25) is 0 Å². The van der Waals surface area contributed by atoms with Crippen LogP contribution in [0.15, 0.2) is 0 Å². The van der Waals surface area contributed by atoms with E-state index in [1.165, 1.54) is 51.4 Å². The molecule has 1 saturated carbocycles. The van der Waals surface area contributed by atoms with E-state index in [0.29, 0.717) is 0 Å². The molecule has 1 aliphatic carbocycles. The molecule has 2 heteroatoms. The van der Waals surface area contributed by atoms with Crippen LogP contribution < -0.4 is 5.32 Å². The first-order valence-corrected chi connectivity index (χ1v) is 7.24. The van der Waals surface area contributed by atoms with Crippen LogP contribution in [0, 0.1) is 5.92 Å². The Bertz CT molecular complexity index is 189. The van der Waals surface area contributed by atoms with Gasteiger partial charge in [-0.2, -0.15) is 0 Å². The molecule has 2 aliphatic rings. The lowest BCUT2D eigenvalue weighted by Crippen LogP contribution is -2.43. The molecule has 0 bridgehead atoms. The summed E-state index contributed by atoms with van der Waals surface area (Å²) in [7, 11) is 0. The Morgan fingerprint density at radius 3 is 2.69 bits per heavy atom. The van der Waals surface area contributed by atoms with Crippen molar-refractivity contribution in [1.82, 2.24) is 5.32 Å². The zero-order valence-electron chi connectivity index (χ0n) is 10.7. The van der Waals surface area contributed by atoms with Gasteiger partial charge < -0.3 is 10.1 Å². The summed E-state index contributed by atoms with van der Waals surface area (Å²) in [5, 5.41) is 3.90. The number of unbranched alkanes of at least 4 members (excludes halogenated alkanes) is 1. The maximum Gasteiger partial charge on any atom is 0.0480 e. The number of hydrogen-bond acceptors (Lipinski definition) is 2. The van der Waals surface area contributed by atoms with Gasteiger partial charge in [-0.25, -0.2) is 0 Å². The highest BCUT2D eigenvalue weighted by Gasteiger charge is 2.28. The van der Waals surface area contributed by atoms with E-state index in [0.717, 1.165) is 31.2 Å². The molecule has 16 heavy (non-hydrogen) atoms. The van der Waals surface area contributed by atoms with E-state index < -0.39 is 0 Å². The zero-order valence-corrected chi connectivity index (χ0v) is 10.7. The lowest BCUT2D eigenvalue weighted by Gasteiger charge is -2.29. The van der Waals surface area contributed by atoms with Gasteiger partial charge in [0.05, 0.1) is 0 Å². The summed E-state index contributed by atoms with van der Waals surface area (Å²) in [5.74, 6) is 0.961. The monoisotopic (exact) mass is 225 g/mol. The van der Waals surface area contributed by atoms with Crippen LogP contribution in [0.1, 0.15) is 58.3 Å². The highest BCUT2D eigenvalue weighted by Crippen LogP contribution is 2.30. The Morgan fingerprint density at radius 1 is 1.12 bits per heavy atom. The second kappa shape index (κ2) is 6.61. The molecule has 2 fully saturated rings. The average molecular weight is 225 g/mol. The third-order valence-electron chi connectivity index (χ3n) is 4.26. The van der Waals surface area contributed by atoms with Crippen molar-refractivity contribution in [1.29, 1.82) is 0 Å². The van der Waals surface area contributed by atoms with E-state index in [-0.39, 0.29) is 0 Å². The predicted octanol–water partition coefficient (Wildman–Crippen LogP) is 3.11. The van der Waals surface area contributed by atoms with Crippen LogP contribution in [0.3, 0.4) is 0 Å². The van der Waals surface area contributed by atoms with Crippen molar-refractivity contribution in [3.8, 4) is 0 Å². The van der Waals surface area contributed by atoms with Crippen LogP contribution in [-0.2, 0) is 4.74 Å². The lowest BCUT2D eigenvalue weighted by atomic mass is 9.95. The van der Waals surface area contributed by atoms with Crippen LogP contribution in [0.25, 0.3) is 0 Å². The van der Waals surface area contributed by atoms with Crippen LogP contribution in [0.5, 0.6) is 0 Å². The first-order valence-electron chi connectivity index (χ1n) is 7.24. The Morgan fingerprint density at radius 2 is 1.94 bits per heavy atom. The quantitative estimate of drug-likeness (QED) is 0.776. The molecule has 0 aromatic heterocycles. The van der Waals surface area contributed by atoms with Gasteiger partial charge in [0, 0.05) is 25.3 Å². The number of rotatable bonds is 5. The standard InChI is InChI=1S/C14H27NO/c1-2-3-5-12-6-4-7-14(12)15-13-8-10-16-11-9-13/h12-15H,2-11H2,1H3. The lowest BCUT2D eigenvalue weighted by molar-refractivity contribution is 0.0730. The van der Waals surface area contributed by atoms with Crippen molar-refractivity contribution in [2.24, 2.45) is 5.92 Å². The minimum Gasteiger partial charge on any atom is -0.381 e. The van der Waals surface area contributed by atoms with Crippen molar-refractivity contribution < 1.29 is 4.74 Å². The fourth-order valence-electron chi connectivity index (χ4n) is 3.24. The van der Waals surface area contributed by atoms with Crippen molar-refractivity contribution in [2.45, 2.75) is 70.4 Å². The van der Waals surface area contributed by atoms with E-state index >= 15 is 0 Å². The molecular formula is C14H27NO. The van der Waals surface area contributed by atoms with E-state index in [1.807, 2.05) is 0 Å². The third-order valence-corrected chi connectivity index (χ3v) is 4.26. The minimum atomic E-state index is 0.737. The van der Waals surface area contributed by atoms with E-state index in [2.05, 4.69) is 12.2 Å². The van der Waals surface area contributed by atoms with Crippen molar-refractivity contribution in [3.05, 3.63) is 0 Å². The Hall–Kier alpha value is -0.0800. The van der Waals surface area contributed by atoms with Gasteiger partial charge in [0.15, 0.2) is 0 Å². The highest BCUT2D eigenvalue weighted by molar-refractivity contribution is 4.86. The first kappa shape index (κ1) is 12.4. The van der Waals surface area contributed by atoms with Crippen LogP contribution in [0.4, 0.5) is 0 Å². The second-order valence-corrected chi connectivity index (χ2v) is 5.49. The van der Waals surface area contributed by atoms with E-state index in [1.54, 1.807) is 0 Å². The molecule has 0 aromatic carbocycles. The summed E-state index contributed by atoms with van der Waals surface area (Å²) in [6, 6.07) is 1.55. The smallest absolute Gasteiger partial charge is 0.0480 e. The normalized spacial score (nSPS) is 32.1. The Kier molecular flexibility index (Phi) is 5.11. The molecule has 2 atom stereocenters. The molecule has 1 heterocycles. The molecule has 0 amide bonds. The maximum atomic E-state index is 5.42. The molecule has 0 spiro atoms. The highest BCUT2D eigenvalue weighted by atomic mass is 16.5. The molecule has 0 aromatic rings. The van der Waals surface area contributed by atoms with Crippen LogP contribution in [-0.4, -0.2) is 25.3 Å². The largest absolute Gasteiger partial charge is 0.381 e. The summed E-state index contributed by atoms with van der Waals surface area (Å²) >= 11 is 0. The van der Waals surface area contributed by atoms with Crippen LogP contribution in [0.2, 0.25) is 0 Å². The van der Waals surface area contributed by atoms with Crippen molar-refractivity contribution >= 4 is 0 Å². The summed E-state index contributed by atoms with van der Waals surface area (Å²) in [4.78, 5) is 0. The van der Waals surface area contributed by atoms with Gasteiger partial charge in [-0.15, -0.1) is 0 Å². The molecule has 1 aliphatic heterocycles. The molecule has 1 N–H and O–H groups in total. The van der Waals surface area contributed by atoms with E-state index in [4.69, 9.17) is 4.74 Å². The summed E-state index contributed by atoms with van der Waals surface area (Å²) in [6.07, 6.45) is 10.9. The van der Waals surface area contributed by atoms with Gasteiger partial charge in [0.25, 0.3) is 0 Å². The summed E-state index contributed by atoms with van der Waals surface area (Å²) < 4.78 is 5.42. The number of hydrogen-bond donors (Lipinski definition) is 1. The molecule has 0 radical (unpaired) electrons. The van der Waals surface area contributed by atoms with Gasteiger partial charge in [-0.05, 0) is 38.0 Å². The molecular weight excluding hydrogens is 198 g/mol. The van der Waals surface area contributed by atoms with Crippen LogP contribution >= 0.6 is 0 Å². The topological polar surface area (TPSA) is 21.3 Å². The number of nitrogens with one attached hydrogen (secondary N) is 1. The van der Waals surface area contributed by atoms with Gasteiger partial charge in [0.1, 0.15) is 0 Å². The average Bonchev–Trinajstić information content (AvgIpc) is 2.75. The molecule has 2 unspecified atom stereocenters. The number of ether oxygens (including phenoxy) is 1. The third kappa shape index (κ3) is 3.46. The van der Waals surface area contributed by atoms with Crippen molar-refractivity contribution in [3.63, 3.8) is 0 Å². The fraction of sp³-hybridized carbons (Fsp3) is 1.00. The molecule has 2 rings (SSSR count). The fourth-order valence-corrected chi connectivity index (χ4v) is 3.24. The second-order valence-electron chi connectivity index (χ2n) is 5.49. The molecule has 1 saturated heterocycles. The summed E-state index contributed by atoms with van der Waals surface area (Å²) in [6.45, 7) is 4.23. The van der Waals surface area contributed by atoms with Crippen molar-refractivity contribution in [2.75, 3.05) is 13.2 Å². The van der Waals surface area contributed by atoms with Gasteiger partial charge in [0.2, 0.25) is 0 Å². The van der Waals surface area contributed by atoms with Gasteiger partial charge in [-0.1, -0.05) is 26.2 Å². The maximum absolute atomic E-state index is 5.42. The Balaban J connectivity index is 1.73. The predicted molar refractivity (Wildman–Crippen MR) is 67.6 cm³/mol. The van der Waals surface area contributed by atoms with E-state index in [9.17, 15) is 0 Å². The molecule has 2 nitrogen and oxygen atoms in total. The zero-order chi connectivity index (χ0) is 11.2. The first-order chi connectivity index (χ1) is 7.90. The minimum absolute atomic E-state index is 0.737. The van der Waals surface area contributed by atoms with Gasteiger partial charge >= 0.3 is 0 Å². The SMILES string of the molecule is CCCCC1CCCC1NC1CCOCC1. The summed E-state index contributed by atoms with van der Waals surface area (Å²) in [5.41, 5.74) is 0.